The number of hydrogen-bond donors (Lipinski definition) is 0. The van der Waals surface area contributed by atoms with Crippen LogP contribution in [0.15, 0.2) is 74.4 Å². The van der Waals surface area contributed by atoms with Crippen LogP contribution in [0.1, 0.15) is 16.1 Å². The van der Waals surface area contributed by atoms with Crippen LogP contribution >= 0.6 is 15.9 Å². The Morgan fingerprint density at radius 3 is 2.34 bits per heavy atom. The summed E-state index contributed by atoms with van der Waals surface area (Å²) in [5.74, 6) is 1.06. The van der Waals surface area contributed by atoms with Crippen LogP contribution in [0.3, 0.4) is 0 Å². The van der Waals surface area contributed by atoms with Crippen molar-refractivity contribution in [2.45, 2.75) is 11.4 Å². The summed E-state index contributed by atoms with van der Waals surface area (Å²) in [6.07, 6.45) is 0. The van der Waals surface area contributed by atoms with Crippen LogP contribution < -0.4 is 0 Å². The summed E-state index contributed by atoms with van der Waals surface area (Å²) in [4.78, 5) is 14.4. The lowest BCUT2D eigenvalue weighted by molar-refractivity contribution is 0.0775. The van der Waals surface area contributed by atoms with E-state index in [1.54, 1.807) is 19.2 Å². The zero-order valence-electron chi connectivity index (χ0n) is 16.3. The fourth-order valence-corrected chi connectivity index (χ4v) is 3.97. The normalized spacial score (nSPS) is 11.6. The lowest BCUT2D eigenvalue weighted by atomic mass is 10.2. The number of carbonyl (C=O) groups is 1. The number of sulfonamides is 1. The molecule has 0 saturated carbocycles. The van der Waals surface area contributed by atoms with Gasteiger partial charge in [-0.05, 0) is 42.5 Å². The second-order valence-electron chi connectivity index (χ2n) is 6.75. The monoisotopic (exact) mass is 476 g/mol. The number of nitrogens with zero attached hydrogens (tertiary/aromatic N) is 2. The number of hydrogen-bond acceptors (Lipinski definition) is 4. The minimum atomic E-state index is -3.61. The first-order chi connectivity index (χ1) is 13.7. The number of halogens is 1. The highest BCUT2D eigenvalue weighted by atomic mass is 79.9. The van der Waals surface area contributed by atoms with Crippen molar-refractivity contribution in [3.05, 3.63) is 76.5 Å². The Labute approximate surface area is 178 Å². The van der Waals surface area contributed by atoms with E-state index in [0.717, 1.165) is 14.3 Å². The van der Waals surface area contributed by atoms with Gasteiger partial charge in [-0.3, -0.25) is 4.79 Å². The van der Waals surface area contributed by atoms with E-state index in [1.807, 2.05) is 36.4 Å². The molecule has 1 amide bonds. The number of carbonyl (C=O) groups excluding carboxylic acids is 1. The Morgan fingerprint density at radius 1 is 1.00 bits per heavy atom. The zero-order chi connectivity index (χ0) is 21.2. The van der Waals surface area contributed by atoms with Crippen molar-refractivity contribution in [2.24, 2.45) is 0 Å². The minimum Gasteiger partial charge on any atom is -0.459 e. The Bertz CT molecular complexity index is 1120. The van der Waals surface area contributed by atoms with Crippen molar-refractivity contribution in [2.75, 3.05) is 21.1 Å². The van der Waals surface area contributed by atoms with Crippen LogP contribution in [-0.4, -0.2) is 44.7 Å². The molecule has 3 aromatic rings. The summed E-state index contributed by atoms with van der Waals surface area (Å²) in [6.45, 7) is 0.264. The predicted octanol–water partition coefficient (Wildman–Crippen LogP) is 4.23. The first-order valence-electron chi connectivity index (χ1n) is 8.81. The van der Waals surface area contributed by atoms with Gasteiger partial charge in [0.15, 0.2) is 0 Å². The van der Waals surface area contributed by atoms with E-state index >= 15 is 0 Å². The molecule has 0 saturated heterocycles. The van der Waals surface area contributed by atoms with Gasteiger partial charge in [0.2, 0.25) is 10.0 Å². The van der Waals surface area contributed by atoms with Gasteiger partial charge in [-0.25, -0.2) is 12.7 Å². The molecular formula is C21H21BrN2O4S. The third-order valence-electron chi connectivity index (χ3n) is 4.39. The third-order valence-corrected chi connectivity index (χ3v) is 6.73. The average molecular weight is 477 g/mol. The number of rotatable bonds is 6. The molecular weight excluding hydrogens is 456 g/mol. The molecule has 29 heavy (non-hydrogen) atoms. The van der Waals surface area contributed by atoms with E-state index in [-0.39, 0.29) is 17.3 Å². The van der Waals surface area contributed by atoms with Gasteiger partial charge in [0.05, 0.1) is 11.4 Å². The standard InChI is InChI=1S/C21H21BrN2O4S/c1-23(2)29(26,27)19-6-4-5-16(13-19)21(25)24(3)14-18-11-12-20(28-18)15-7-9-17(22)10-8-15/h4-13H,14H2,1-3H3. The third kappa shape index (κ3) is 4.77. The fourth-order valence-electron chi connectivity index (χ4n) is 2.76. The van der Waals surface area contributed by atoms with E-state index < -0.39 is 10.0 Å². The molecule has 6 nitrogen and oxygen atoms in total. The van der Waals surface area contributed by atoms with Crippen molar-refractivity contribution < 1.29 is 17.6 Å². The highest BCUT2D eigenvalue weighted by Gasteiger charge is 2.20. The van der Waals surface area contributed by atoms with Crippen molar-refractivity contribution in [3.8, 4) is 11.3 Å². The molecule has 0 atom stereocenters. The maximum Gasteiger partial charge on any atom is 0.254 e. The van der Waals surface area contributed by atoms with Crippen LogP contribution in [0.25, 0.3) is 11.3 Å². The van der Waals surface area contributed by atoms with Crippen molar-refractivity contribution >= 4 is 31.9 Å². The maximum atomic E-state index is 12.8. The molecule has 152 valence electrons. The first kappa shape index (κ1) is 21.3. The van der Waals surface area contributed by atoms with Gasteiger partial charge in [0.1, 0.15) is 11.5 Å². The second-order valence-corrected chi connectivity index (χ2v) is 9.82. The lowest BCUT2D eigenvalue weighted by Gasteiger charge is -2.17. The Morgan fingerprint density at radius 2 is 1.69 bits per heavy atom. The molecule has 0 N–H and O–H groups in total. The highest BCUT2D eigenvalue weighted by Crippen LogP contribution is 2.25. The van der Waals surface area contributed by atoms with Crippen LogP contribution in [0.4, 0.5) is 0 Å². The van der Waals surface area contributed by atoms with Gasteiger partial charge < -0.3 is 9.32 Å². The maximum absolute atomic E-state index is 12.8. The first-order valence-corrected chi connectivity index (χ1v) is 11.0. The summed E-state index contributed by atoms with van der Waals surface area (Å²) in [5.41, 5.74) is 1.24. The summed E-state index contributed by atoms with van der Waals surface area (Å²) < 4.78 is 32.6. The van der Waals surface area contributed by atoms with Gasteiger partial charge in [-0.2, -0.15) is 0 Å². The number of furan rings is 1. The average Bonchev–Trinajstić information content (AvgIpc) is 3.16. The predicted molar refractivity (Wildman–Crippen MR) is 115 cm³/mol. The van der Waals surface area contributed by atoms with Crippen molar-refractivity contribution in [1.29, 1.82) is 0 Å². The van der Waals surface area contributed by atoms with Gasteiger partial charge >= 0.3 is 0 Å². The SMILES string of the molecule is CN(Cc1ccc(-c2ccc(Br)cc2)o1)C(=O)c1cccc(S(=O)(=O)N(C)C)c1. The molecule has 8 heteroatoms. The summed E-state index contributed by atoms with van der Waals surface area (Å²) in [7, 11) is 0.951. The number of amides is 1. The summed E-state index contributed by atoms with van der Waals surface area (Å²) >= 11 is 3.40. The van der Waals surface area contributed by atoms with E-state index in [2.05, 4.69) is 15.9 Å². The molecule has 0 unspecified atom stereocenters. The highest BCUT2D eigenvalue weighted by molar-refractivity contribution is 9.10. The van der Waals surface area contributed by atoms with E-state index in [4.69, 9.17) is 4.42 Å². The van der Waals surface area contributed by atoms with Gasteiger partial charge in [-0.1, -0.05) is 34.1 Å². The fraction of sp³-hybridized carbons (Fsp3) is 0.190. The molecule has 0 fully saturated rings. The molecule has 3 rings (SSSR count). The Hall–Kier alpha value is -2.42. The van der Waals surface area contributed by atoms with Gasteiger partial charge in [-0.15, -0.1) is 0 Å². The minimum absolute atomic E-state index is 0.0808. The topological polar surface area (TPSA) is 70.8 Å². The molecule has 1 heterocycles. The molecule has 0 spiro atoms. The van der Waals surface area contributed by atoms with E-state index in [0.29, 0.717) is 17.1 Å². The largest absolute Gasteiger partial charge is 0.459 e. The van der Waals surface area contributed by atoms with E-state index in [9.17, 15) is 13.2 Å². The quantitative estimate of drug-likeness (QED) is 0.533. The summed E-state index contributed by atoms with van der Waals surface area (Å²) in [5, 5.41) is 0. The van der Waals surface area contributed by atoms with Crippen molar-refractivity contribution in [3.63, 3.8) is 0 Å². The Kier molecular flexibility index (Phi) is 6.26. The zero-order valence-corrected chi connectivity index (χ0v) is 18.7. The van der Waals surface area contributed by atoms with Gasteiger partial charge in [0, 0.05) is 36.7 Å². The molecule has 0 radical (unpaired) electrons. The van der Waals surface area contributed by atoms with Crippen LogP contribution in [-0.2, 0) is 16.6 Å². The molecule has 0 aliphatic rings. The van der Waals surface area contributed by atoms with Crippen LogP contribution in [0.2, 0.25) is 0 Å². The smallest absolute Gasteiger partial charge is 0.254 e. The Balaban J connectivity index is 1.76. The molecule has 0 aliphatic carbocycles. The van der Waals surface area contributed by atoms with Crippen LogP contribution in [0.5, 0.6) is 0 Å². The van der Waals surface area contributed by atoms with Crippen LogP contribution in [0, 0.1) is 0 Å². The second kappa shape index (κ2) is 8.52. The van der Waals surface area contributed by atoms with Crippen molar-refractivity contribution in [1.82, 2.24) is 9.21 Å². The van der Waals surface area contributed by atoms with E-state index in [1.165, 1.54) is 31.1 Å². The summed E-state index contributed by atoms with van der Waals surface area (Å²) in [6, 6.07) is 17.5. The lowest BCUT2D eigenvalue weighted by Crippen LogP contribution is -2.27. The molecule has 1 aromatic heterocycles. The van der Waals surface area contributed by atoms with Gasteiger partial charge in [0.25, 0.3) is 5.91 Å². The molecule has 0 bridgehead atoms. The molecule has 2 aromatic carbocycles. The molecule has 0 aliphatic heterocycles. The number of benzene rings is 2.